The van der Waals surface area contributed by atoms with Crippen LogP contribution in [0, 0.1) is 6.92 Å². The number of pyridine rings is 1. The van der Waals surface area contributed by atoms with Crippen LogP contribution < -0.4 is 0 Å². The van der Waals surface area contributed by atoms with Crippen LogP contribution in [0.5, 0.6) is 0 Å². The van der Waals surface area contributed by atoms with Gasteiger partial charge < -0.3 is 4.74 Å². The molecule has 3 nitrogen and oxygen atoms in total. The lowest BCUT2D eigenvalue weighted by atomic mass is 10.1. The van der Waals surface area contributed by atoms with Crippen molar-refractivity contribution in [3.63, 3.8) is 0 Å². The minimum absolute atomic E-state index is 0.406. The van der Waals surface area contributed by atoms with E-state index >= 15 is 0 Å². The van der Waals surface area contributed by atoms with Gasteiger partial charge >= 0.3 is 0 Å². The van der Waals surface area contributed by atoms with E-state index < -0.39 is 0 Å². The second-order valence-electron chi connectivity index (χ2n) is 3.99. The first kappa shape index (κ1) is 10.9. The van der Waals surface area contributed by atoms with Crippen LogP contribution >= 0.6 is 11.6 Å². The highest BCUT2D eigenvalue weighted by atomic mass is 35.5. The van der Waals surface area contributed by atoms with E-state index in [4.69, 9.17) is 16.3 Å². The SMILES string of the molecule is COC1CN(Cc2cc(C)nc(Cl)c2)C1. The number of aromatic nitrogens is 1. The summed E-state index contributed by atoms with van der Waals surface area (Å²) in [6, 6.07) is 4.00. The third kappa shape index (κ3) is 2.68. The Kier molecular flexibility index (Phi) is 3.24. The first-order chi connectivity index (χ1) is 7.17. The predicted octanol–water partition coefficient (Wildman–Crippen LogP) is 1.87. The van der Waals surface area contributed by atoms with Crippen molar-refractivity contribution in [1.29, 1.82) is 0 Å². The van der Waals surface area contributed by atoms with Crippen molar-refractivity contribution in [3.05, 3.63) is 28.5 Å². The predicted molar refractivity (Wildman–Crippen MR) is 60.1 cm³/mol. The standard InChI is InChI=1S/C11H15ClN2O/c1-8-3-9(4-11(12)13-8)5-14-6-10(7-14)15-2/h3-4,10H,5-7H2,1-2H3. The van der Waals surface area contributed by atoms with Gasteiger partial charge in [0.15, 0.2) is 0 Å². The molecule has 2 heterocycles. The minimum Gasteiger partial charge on any atom is -0.379 e. The van der Waals surface area contributed by atoms with E-state index in [1.165, 1.54) is 5.56 Å². The number of ether oxygens (including phenoxy) is 1. The fourth-order valence-electron chi connectivity index (χ4n) is 1.85. The molecule has 0 aromatic carbocycles. The van der Waals surface area contributed by atoms with Crippen molar-refractivity contribution in [2.45, 2.75) is 19.6 Å². The number of likely N-dealkylation sites (tertiary alicyclic amines) is 1. The van der Waals surface area contributed by atoms with E-state index in [9.17, 15) is 0 Å². The molecule has 0 amide bonds. The largest absolute Gasteiger partial charge is 0.379 e. The van der Waals surface area contributed by atoms with Crippen molar-refractivity contribution in [2.24, 2.45) is 0 Å². The maximum atomic E-state index is 5.90. The first-order valence-corrected chi connectivity index (χ1v) is 5.43. The van der Waals surface area contributed by atoms with Crippen molar-refractivity contribution in [3.8, 4) is 0 Å². The Hall–Kier alpha value is -0.640. The van der Waals surface area contributed by atoms with Crippen LogP contribution in [0.4, 0.5) is 0 Å². The first-order valence-electron chi connectivity index (χ1n) is 5.05. The third-order valence-electron chi connectivity index (χ3n) is 2.65. The zero-order valence-electron chi connectivity index (χ0n) is 9.03. The van der Waals surface area contributed by atoms with E-state index in [0.717, 1.165) is 25.3 Å². The normalized spacial score (nSPS) is 17.8. The molecule has 2 rings (SSSR count). The molecule has 0 N–H and O–H groups in total. The molecular formula is C11H15ClN2O. The Morgan fingerprint density at radius 3 is 2.87 bits per heavy atom. The lowest BCUT2D eigenvalue weighted by Gasteiger charge is -2.38. The molecule has 82 valence electrons. The molecule has 0 radical (unpaired) electrons. The summed E-state index contributed by atoms with van der Waals surface area (Å²) in [5.74, 6) is 0. The Labute approximate surface area is 95.0 Å². The fraction of sp³-hybridized carbons (Fsp3) is 0.545. The van der Waals surface area contributed by atoms with Crippen LogP contribution in [0.25, 0.3) is 0 Å². The number of hydrogen-bond acceptors (Lipinski definition) is 3. The van der Waals surface area contributed by atoms with Crippen LogP contribution in [-0.2, 0) is 11.3 Å². The minimum atomic E-state index is 0.406. The molecule has 0 saturated carbocycles. The summed E-state index contributed by atoms with van der Waals surface area (Å²) in [5.41, 5.74) is 2.20. The number of methoxy groups -OCH3 is 1. The van der Waals surface area contributed by atoms with Crippen molar-refractivity contribution < 1.29 is 4.74 Å². The van der Waals surface area contributed by atoms with Gasteiger partial charge in [-0.2, -0.15) is 0 Å². The molecule has 1 saturated heterocycles. The molecule has 1 aromatic rings. The highest BCUT2D eigenvalue weighted by Gasteiger charge is 2.25. The summed E-state index contributed by atoms with van der Waals surface area (Å²) < 4.78 is 5.22. The average Bonchev–Trinajstić information content (AvgIpc) is 2.08. The second-order valence-corrected chi connectivity index (χ2v) is 4.38. The number of hydrogen-bond donors (Lipinski definition) is 0. The van der Waals surface area contributed by atoms with E-state index in [1.807, 2.05) is 13.0 Å². The van der Waals surface area contributed by atoms with Gasteiger partial charge in [-0.3, -0.25) is 4.90 Å². The highest BCUT2D eigenvalue weighted by molar-refractivity contribution is 6.29. The maximum Gasteiger partial charge on any atom is 0.129 e. The van der Waals surface area contributed by atoms with Gasteiger partial charge in [0.05, 0.1) is 6.10 Å². The lowest BCUT2D eigenvalue weighted by molar-refractivity contribution is -0.0334. The summed E-state index contributed by atoms with van der Waals surface area (Å²) >= 11 is 5.90. The average molecular weight is 227 g/mol. The van der Waals surface area contributed by atoms with Gasteiger partial charge in [-0.05, 0) is 24.6 Å². The second kappa shape index (κ2) is 4.47. The fourth-order valence-corrected chi connectivity index (χ4v) is 2.12. The Bertz CT molecular complexity index is 330. The zero-order valence-corrected chi connectivity index (χ0v) is 9.79. The van der Waals surface area contributed by atoms with Gasteiger partial charge in [-0.1, -0.05) is 11.6 Å². The number of aryl methyl sites for hydroxylation is 1. The molecule has 1 aliphatic heterocycles. The van der Waals surface area contributed by atoms with Crippen molar-refractivity contribution in [2.75, 3.05) is 20.2 Å². The Morgan fingerprint density at radius 1 is 1.53 bits per heavy atom. The van der Waals surface area contributed by atoms with Crippen LogP contribution in [0.2, 0.25) is 5.15 Å². The highest BCUT2D eigenvalue weighted by Crippen LogP contribution is 2.17. The number of rotatable bonds is 3. The molecule has 15 heavy (non-hydrogen) atoms. The van der Waals surface area contributed by atoms with Crippen LogP contribution in [0.3, 0.4) is 0 Å². The molecule has 4 heteroatoms. The van der Waals surface area contributed by atoms with Crippen molar-refractivity contribution in [1.82, 2.24) is 9.88 Å². The van der Waals surface area contributed by atoms with Gasteiger partial charge in [0.2, 0.25) is 0 Å². The number of halogens is 1. The molecule has 0 spiro atoms. The molecule has 0 unspecified atom stereocenters. The summed E-state index contributed by atoms with van der Waals surface area (Å²) in [6.07, 6.45) is 0.406. The summed E-state index contributed by atoms with van der Waals surface area (Å²) in [7, 11) is 1.76. The molecular weight excluding hydrogens is 212 g/mol. The molecule has 1 aromatic heterocycles. The van der Waals surface area contributed by atoms with Gasteiger partial charge in [0.1, 0.15) is 5.15 Å². The summed E-state index contributed by atoms with van der Waals surface area (Å²) in [5, 5.41) is 0.578. The quantitative estimate of drug-likeness (QED) is 0.736. The van der Waals surface area contributed by atoms with Gasteiger partial charge in [0, 0.05) is 32.4 Å². The van der Waals surface area contributed by atoms with Gasteiger partial charge in [-0.15, -0.1) is 0 Å². The van der Waals surface area contributed by atoms with E-state index in [1.54, 1.807) is 7.11 Å². The number of nitrogens with zero attached hydrogens (tertiary/aromatic N) is 2. The Morgan fingerprint density at radius 2 is 2.27 bits per heavy atom. The van der Waals surface area contributed by atoms with Gasteiger partial charge in [-0.25, -0.2) is 4.98 Å². The summed E-state index contributed by atoms with van der Waals surface area (Å²) in [6.45, 7) is 4.91. The Balaban J connectivity index is 1.94. The third-order valence-corrected chi connectivity index (χ3v) is 2.84. The van der Waals surface area contributed by atoms with E-state index in [0.29, 0.717) is 11.3 Å². The van der Waals surface area contributed by atoms with Crippen molar-refractivity contribution >= 4 is 11.6 Å². The molecule has 0 atom stereocenters. The van der Waals surface area contributed by atoms with E-state index in [2.05, 4.69) is 16.0 Å². The van der Waals surface area contributed by atoms with E-state index in [-0.39, 0.29) is 0 Å². The monoisotopic (exact) mass is 226 g/mol. The molecule has 0 bridgehead atoms. The molecule has 1 fully saturated rings. The topological polar surface area (TPSA) is 25.4 Å². The summed E-state index contributed by atoms with van der Waals surface area (Å²) in [4.78, 5) is 6.47. The molecule has 1 aliphatic rings. The van der Waals surface area contributed by atoms with Crippen LogP contribution in [0.1, 0.15) is 11.3 Å². The van der Waals surface area contributed by atoms with Crippen LogP contribution in [-0.4, -0.2) is 36.2 Å². The lowest BCUT2D eigenvalue weighted by Crippen LogP contribution is -2.50. The zero-order chi connectivity index (χ0) is 10.8. The van der Waals surface area contributed by atoms with Gasteiger partial charge in [0.25, 0.3) is 0 Å². The smallest absolute Gasteiger partial charge is 0.129 e. The van der Waals surface area contributed by atoms with Crippen LogP contribution in [0.15, 0.2) is 12.1 Å². The maximum absolute atomic E-state index is 5.90. The molecule has 0 aliphatic carbocycles.